The van der Waals surface area contributed by atoms with E-state index in [1.54, 1.807) is 38.1 Å². The molecule has 0 amide bonds. The molecule has 1 aliphatic heterocycles. The van der Waals surface area contributed by atoms with Gasteiger partial charge in [0.15, 0.2) is 0 Å². The fraction of sp³-hybridized carbons (Fsp3) is 0.455. The van der Waals surface area contributed by atoms with Crippen molar-refractivity contribution in [3.8, 4) is 0 Å². The summed E-state index contributed by atoms with van der Waals surface area (Å²) in [6.45, 7) is 5.27. The van der Waals surface area contributed by atoms with Crippen LogP contribution in [0.3, 0.4) is 0 Å². The average molecular weight is 453 g/mol. The van der Waals surface area contributed by atoms with Crippen LogP contribution in [0.4, 0.5) is 0 Å². The Bertz CT molecular complexity index is 852. The first kappa shape index (κ1) is 24.9. The topological polar surface area (TPSA) is 109 Å². The SMILES string of the molecule is CCOC(=O)C1=C(COCCOCCN)NC(C)=C(C(=O)OC)[C@H]1c1ccccc1Cl. The number of methoxy groups -OCH3 is 1. The molecule has 0 unspecified atom stereocenters. The fourth-order valence-electron chi connectivity index (χ4n) is 3.34. The lowest BCUT2D eigenvalue weighted by Gasteiger charge is -2.31. The molecule has 0 spiro atoms. The Labute approximate surface area is 187 Å². The summed E-state index contributed by atoms with van der Waals surface area (Å²) >= 11 is 6.46. The minimum absolute atomic E-state index is 0.0902. The van der Waals surface area contributed by atoms with Gasteiger partial charge >= 0.3 is 11.9 Å². The standard InChI is InChI=1S/C22H29ClN2O6/c1-4-31-22(27)20-17(13-30-12-11-29-10-9-24)25-14(2)18(21(26)28-3)19(20)15-7-5-6-8-16(15)23/h5-8,19,25H,4,9-13,24H2,1-3H3/t19-/m1/s1. The number of esters is 2. The van der Waals surface area contributed by atoms with Crippen LogP contribution >= 0.6 is 11.6 Å². The van der Waals surface area contributed by atoms with Crippen molar-refractivity contribution in [2.24, 2.45) is 5.73 Å². The minimum Gasteiger partial charge on any atom is -0.466 e. The number of carbonyl (C=O) groups is 2. The molecule has 170 valence electrons. The fourth-order valence-corrected chi connectivity index (χ4v) is 3.58. The maximum atomic E-state index is 13.0. The number of dihydropyridines is 1. The van der Waals surface area contributed by atoms with E-state index < -0.39 is 17.9 Å². The largest absolute Gasteiger partial charge is 0.466 e. The van der Waals surface area contributed by atoms with Crippen molar-refractivity contribution in [3.63, 3.8) is 0 Å². The Hall–Kier alpha value is -2.39. The summed E-state index contributed by atoms with van der Waals surface area (Å²) in [5.41, 5.74) is 7.57. The van der Waals surface area contributed by atoms with Crippen LogP contribution in [0.5, 0.6) is 0 Å². The zero-order valence-electron chi connectivity index (χ0n) is 18.0. The Balaban J connectivity index is 2.48. The summed E-state index contributed by atoms with van der Waals surface area (Å²) in [4.78, 5) is 25.7. The highest BCUT2D eigenvalue weighted by molar-refractivity contribution is 6.31. The molecule has 2 rings (SSSR count). The smallest absolute Gasteiger partial charge is 0.336 e. The molecule has 8 nitrogen and oxygen atoms in total. The highest BCUT2D eigenvalue weighted by atomic mass is 35.5. The van der Waals surface area contributed by atoms with Crippen LogP contribution in [0.15, 0.2) is 46.8 Å². The average Bonchev–Trinajstić information content (AvgIpc) is 2.75. The summed E-state index contributed by atoms with van der Waals surface area (Å²) in [6, 6.07) is 7.05. The van der Waals surface area contributed by atoms with Gasteiger partial charge in [-0.3, -0.25) is 0 Å². The van der Waals surface area contributed by atoms with Gasteiger partial charge in [0, 0.05) is 17.3 Å². The van der Waals surface area contributed by atoms with Crippen molar-refractivity contribution < 1.29 is 28.5 Å². The molecule has 9 heteroatoms. The number of carbonyl (C=O) groups excluding carboxylic acids is 2. The molecule has 0 saturated carbocycles. The molecule has 1 atom stereocenters. The Morgan fingerprint density at radius 3 is 2.45 bits per heavy atom. The van der Waals surface area contributed by atoms with E-state index in [0.717, 1.165) is 0 Å². The van der Waals surface area contributed by atoms with Crippen LogP contribution in [0, 0.1) is 0 Å². The molecular weight excluding hydrogens is 424 g/mol. The Kier molecular flexibility index (Phi) is 10.00. The van der Waals surface area contributed by atoms with Gasteiger partial charge in [0.05, 0.1) is 62.9 Å². The van der Waals surface area contributed by atoms with Gasteiger partial charge < -0.3 is 30.0 Å². The van der Waals surface area contributed by atoms with E-state index in [9.17, 15) is 9.59 Å². The van der Waals surface area contributed by atoms with Crippen molar-refractivity contribution in [1.29, 1.82) is 0 Å². The van der Waals surface area contributed by atoms with Crippen LogP contribution < -0.4 is 11.1 Å². The summed E-state index contributed by atoms with van der Waals surface area (Å²) in [5, 5.41) is 3.54. The third-order valence-corrected chi connectivity index (χ3v) is 4.99. The third-order valence-electron chi connectivity index (χ3n) is 4.64. The molecule has 1 aromatic carbocycles. The molecule has 0 radical (unpaired) electrons. The molecule has 1 aromatic rings. The van der Waals surface area contributed by atoms with E-state index in [0.29, 0.717) is 48.3 Å². The highest BCUT2D eigenvalue weighted by Gasteiger charge is 2.39. The molecule has 0 saturated heterocycles. The first-order valence-corrected chi connectivity index (χ1v) is 10.4. The Morgan fingerprint density at radius 2 is 1.81 bits per heavy atom. The number of rotatable bonds is 11. The first-order chi connectivity index (χ1) is 15.0. The van der Waals surface area contributed by atoms with Gasteiger partial charge in [0.2, 0.25) is 0 Å². The second-order valence-corrected chi connectivity index (χ2v) is 7.08. The lowest BCUT2D eigenvalue weighted by atomic mass is 9.80. The lowest BCUT2D eigenvalue weighted by Crippen LogP contribution is -2.35. The van der Waals surface area contributed by atoms with Crippen LogP contribution in [-0.4, -0.2) is 58.6 Å². The van der Waals surface area contributed by atoms with Gasteiger partial charge in [-0.15, -0.1) is 0 Å². The van der Waals surface area contributed by atoms with E-state index in [2.05, 4.69) is 5.32 Å². The van der Waals surface area contributed by atoms with Gasteiger partial charge in [0.1, 0.15) is 0 Å². The minimum atomic E-state index is -0.770. The molecule has 0 aliphatic carbocycles. The summed E-state index contributed by atoms with van der Waals surface area (Å²) in [5.74, 6) is -1.90. The number of nitrogens with two attached hydrogens (primary N) is 1. The molecule has 0 aromatic heterocycles. The zero-order valence-corrected chi connectivity index (χ0v) is 18.8. The zero-order chi connectivity index (χ0) is 22.8. The van der Waals surface area contributed by atoms with Crippen molar-refractivity contribution >= 4 is 23.5 Å². The number of hydrogen-bond donors (Lipinski definition) is 2. The van der Waals surface area contributed by atoms with Crippen molar-refractivity contribution in [3.05, 3.63) is 57.4 Å². The van der Waals surface area contributed by atoms with E-state index in [-0.39, 0.29) is 24.4 Å². The van der Waals surface area contributed by atoms with Crippen LogP contribution in [0.2, 0.25) is 5.02 Å². The van der Waals surface area contributed by atoms with Crippen molar-refractivity contribution in [2.45, 2.75) is 19.8 Å². The molecule has 1 aliphatic rings. The number of allylic oxidation sites excluding steroid dienone is 1. The van der Waals surface area contributed by atoms with Gasteiger partial charge in [0.25, 0.3) is 0 Å². The maximum absolute atomic E-state index is 13.0. The molecule has 0 fully saturated rings. The van der Waals surface area contributed by atoms with Crippen molar-refractivity contribution in [1.82, 2.24) is 5.32 Å². The third kappa shape index (κ3) is 6.30. The quantitative estimate of drug-likeness (QED) is 0.389. The van der Waals surface area contributed by atoms with Gasteiger partial charge in [-0.1, -0.05) is 29.8 Å². The number of nitrogens with one attached hydrogen (secondary N) is 1. The second kappa shape index (κ2) is 12.5. The van der Waals surface area contributed by atoms with Gasteiger partial charge in [-0.05, 0) is 25.5 Å². The van der Waals surface area contributed by atoms with Crippen LogP contribution in [0.1, 0.15) is 25.3 Å². The second-order valence-electron chi connectivity index (χ2n) is 6.68. The summed E-state index contributed by atoms with van der Waals surface area (Å²) < 4.78 is 21.3. The van der Waals surface area contributed by atoms with Crippen molar-refractivity contribution in [2.75, 3.05) is 46.7 Å². The highest BCUT2D eigenvalue weighted by Crippen LogP contribution is 2.41. The predicted octanol–water partition coefficient (Wildman–Crippen LogP) is 2.28. The maximum Gasteiger partial charge on any atom is 0.336 e. The van der Waals surface area contributed by atoms with Crippen LogP contribution in [-0.2, 0) is 28.5 Å². The van der Waals surface area contributed by atoms with Gasteiger partial charge in [-0.2, -0.15) is 0 Å². The molecular formula is C22H29ClN2O6. The molecule has 31 heavy (non-hydrogen) atoms. The summed E-state index contributed by atoms with van der Waals surface area (Å²) in [6.07, 6.45) is 0. The first-order valence-electron chi connectivity index (χ1n) is 10.0. The van der Waals surface area contributed by atoms with Gasteiger partial charge in [-0.25, -0.2) is 9.59 Å². The molecule has 1 heterocycles. The van der Waals surface area contributed by atoms with E-state index >= 15 is 0 Å². The molecule has 0 bridgehead atoms. The lowest BCUT2D eigenvalue weighted by molar-refractivity contribution is -0.139. The normalized spacial score (nSPS) is 16.2. The van der Waals surface area contributed by atoms with E-state index in [4.69, 9.17) is 36.3 Å². The van der Waals surface area contributed by atoms with E-state index in [1.165, 1.54) is 7.11 Å². The monoisotopic (exact) mass is 452 g/mol. The molecule has 3 N–H and O–H groups in total. The number of hydrogen-bond acceptors (Lipinski definition) is 8. The summed E-state index contributed by atoms with van der Waals surface area (Å²) in [7, 11) is 1.29. The van der Waals surface area contributed by atoms with Crippen LogP contribution in [0.25, 0.3) is 0 Å². The Morgan fingerprint density at radius 1 is 1.10 bits per heavy atom. The number of ether oxygens (including phenoxy) is 4. The predicted molar refractivity (Wildman–Crippen MR) is 116 cm³/mol. The number of halogens is 1. The number of benzene rings is 1. The van der Waals surface area contributed by atoms with E-state index in [1.807, 2.05) is 0 Å².